The van der Waals surface area contributed by atoms with Crippen molar-refractivity contribution >= 4 is 0 Å². The first-order valence-electron chi connectivity index (χ1n) is 8.58. The maximum absolute atomic E-state index is 2.50. The summed E-state index contributed by atoms with van der Waals surface area (Å²) in [6.45, 7) is 12.2. The molecule has 2 aliphatic rings. The minimum absolute atomic E-state index is 0.980. The molecule has 106 valence electrons. The molecule has 0 nitrogen and oxygen atoms in total. The summed E-state index contributed by atoms with van der Waals surface area (Å²) in [5.74, 6) is 7.18. The zero-order valence-corrected chi connectivity index (χ0v) is 13.3. The van der Waals surface area contributed by atoms with Crippen molar-refractivity contribution in [3.8, 4) is 0 Å². The largest absolute Gasteiger partial charge is 0.0651 e. The Morgan fingerprint density at radius 2 is 1.50 bits per heavy atom. The number of rotatable bonds is 5. The second kappa shape index (κ2) is 5.97. The standard InChI is InChI=1S/C18H34/c1-6-15(7-2)10-16-8-9-17(11-16)18-13(4)12(3)14(18)5/h12-18H,6-11H2,1-5H3. The third-order valence-corrected chi connectivity index (χ3v) is 6.82. The van der Waals surface area contributed by atoms with Crippen LogP contribution < -0.4 is 0 Å². The van der Waals surface area contributed by atoms with Crippen LogP contribution in [0.3, 0.4) is 0 Å². The van der Waals surface area contributed by atoms with Crippen LogP contribution in [0.5, 0.6) is 0 Å². The molecule has 0 amide bonds. The van der Waals surface area contributed by atoms with Crippen molar-refractivity contribution in [3.63, 3.8) is 0 Å². The van der Waals surface area contributed by atoms with Crippen LogP contribution in [0.4, 0.5) is 0 Å². The fourth-order valence-electron chi connectivity index (χ4n) is 5.14. The predicted molar refractivity (Wildman–Crippen MR) is 80.5 cm³/mol. The second-order valence-electron chi connectivity index (χ2n) is 7.51. The summed E-state index contributed by atoms with van der Waals surface area (Å²) in [7, 11) is 0. The number of hydrogen-bond acceptors (Lipinski definition) is 0. The summed E-state index contributed by atoms with van der Waals surface area (Å²) in [6, 6.07) is 0. The van der Waals surface area contributed by atoms with Gasteiger partial charge < -0.3 is 0 Å². The highest BCUT2D eigenvalue weighted by Crippen LogP contribution is 2.54. The summed E-state index contributed by atoms with van der Waals surface area (Å²) >= 11 is 0. The van der Waals surface area contributed by atoms with Crippen molar-refractivity contribution in [1.29, 1.82) is 0 Å². The molecular formula is C18H34. The molecule has 0 radical (unpaired) electrons. The zero-order valence-electron chi connectivity index (χ0n) is 13.3. The Morgan fingerprint density at radius 3 is 2.06 bits per heavy atom. The van der Waals surface area contributed by atoms with E-state index in [2.05, 4.69) is 34.6 Å². The van der Waals surface area contributed by atoms with E-state index in [-0.39, 0.29) is 0 Å². The van der Waals surface area contributed by atoms with Crippen LogP contribution in [0.15, 0.2) is 0 Å². The Hall–Kier alpha value is 0. The van der Waals surface area contributed by atoms with E-state index in [0.717, 1.165) is 41.4 Å². The first-order chi connectivity index (χ1) is 8.58. The van der Waals surface area contributed by atoms with Crippen LogP contribution in [-0.4, -0.2) is 0 Å². The van der Waals surface area contributed by atoms with Crippen LogP contribution in [0, 0.1) is 41.4 Å². The smallest absolute Gasteiger partial charge is 0.0329 e. The van der Waals surface area contributed by atoms with Gasteiger partial charge in [-0.15, -0.1) is 0 Å². The van der Waals surface area contributed by atoms with Gasteiger partial charge in [0, 0.05) is 0 Å². The fraction of sp³-hybridized carbons (Fsp3) is 1.00. The molecule has 0 heterocycles. The van der Waals surface area contributed by atoms with Crippen molar-refractivity contribution in [1.82, 2.24) is 0 Å². The van der Waals surface area contributed by atoms with Crippen molar-refractivity contribution < 1.29 is 0 Å². The molecule has 0 N–H and O–H groups in total. The molecule has 0 aromatic carbocycles. The lowest BCUT2D eigenvalue weighted by Gasteiger charge is -2.51. The Labute approximate surface area is 115 Å². The van der Waals surface area contributed by atoms with E-state index >= 15 is 0 Å². The highest BCUT2D eigenvalue weighted by atomic mass is 14.5. The average molecular weight is 250 g/mol. The van der Waals surface area contributed by atoms with Gasteiger partial charge in [-0.25, -0.2) is 0 Å². The van der Waals surface area contributed by atoms with Gasteiger partial charge in [-0.3, -0.25) is 0 Å². The van der Waals surface area contributed by atoms with Gasteiger partial charge in [0.25, 0.3) is 0 Å². The Bertz CT molecular complexity index is 243. The SMILES string of the molecule is CCC(CC)CC1CCC(C2C(C)C(C)C2C)C1. The lowest BCUT2D eigenvalue weighted by Crippen LogP contribution is -2.45. The highest BCUT2D eigenvalue weighted by molar-refractivity contribution is 4.96. The van der Waals surface area contributed by atoms with Crippen LogP contribution in [0.25, 0.3) is 0 Å². The Kier molecular flexibility index (Phi) is 4.78. The van der Waals surface area contributed by atoms with Crippen LogP contribution in [0.1, 0.15) is 73.1 Å². The van der Waals surface area contributed by atoms with Gasteiger partial charge in [0.1, 0.15) is 0 Å². The molecule has 0 aromatic heterocycles. The maximum Gasteiger partial charge on any atom is -0.0329 e. The quantitative estimate of drug-likeness (QED) is 0.581. The van der Waals surface area contributed by atoms with E-state index in [0.29, 0.717) is 0 Å². The highest BCUT2D eigenvalue weighted by Gasteiger charge is 2.47. The lowest BCUT2D eigenvalue weighted by molar-refractivity contribution is -0.0273. The van der Waals surface area contributed by atoms with Crippen molar-refractivity contribution in [2.24, 2.45) is 41.4 Å². The molecule has 0 heteroatoms. The molecule has 2 fully saturated rings. The van der Waals surface area contributed by atoms with Gasteiger partial charge >= 0.3 is 0 Å². The summed E-state index contributed by atoms with van der Waals surface area (Å²) < 4.78 is 0. The molecule has 0 bridgehead atoms. The molecule has 18 heavy (non-hydrogen) atoms. The summed E-state index contributed by atoms with van der Waals surface area (Å²) in [4.78, 5) is 0. The van der Waals surface area contributed by atoms with Crippen molar-refractivity contribution in [2.45, 2.75) is 73.1 Å². The van der Waals surface area contributed by atoms with Crippen LogP contribution in [-0.2, 0) is 0 Å². The first kappa shape index (κ1) is 14.4. The second-order valence-corrected chi connectivity index (χ2v) is 7.51. The topological polar surface area (TPSA) is 0 Å². The molecule has 2 saturated carbocycles. The third kappa shape index (κ3) is 2.63. The molecule has 0 saturated heterocycles. The van der Waals surface area contributed by atoms with Crippen molar-refractivity contribution in [2.75, 3.05) is 0 Å². The zero-order chi connectivity index (χ0) is 13.3. The van der Waals surface area contributed by atoms with Crippen LogP contribution in [0.2, 0.25) is 0 Å². The van der Waals surface area contributed by atoms with Gasteiger partial charge in [0.15, 0.2) is 0 Å². The van der Waals surface area contributed by atoms with E-state index in [1.165, 1.54) is 32.1 Å². The monoisotopic (exact) mass is 250 g/mol. The average Bonchev–Trinajstić information content (AvgIpc) is 2.83. The maximum atomic E-state index is 2.50. The molecule has 2 aliphatic carbocycles. The Morgan fingerprint density at radius 1 is 0.889 bits per heavy atom. The molecule has 4 unspecified atom stereocenters. The number of hydrogen-bond donors (Lipinski definition) is 0. The summed E-state index contributed by atoms with van der Waals surface area (Å²) in [6.07, 6.45) is 8.94. The predicted octanol–water partition coefficient (Wildman–Crippen LogP) is 5.77. The summed E-state index contributed by atoms with van der Waals surface area (Å²) in [5.41, 5.74) is 0. The lowest BCUT2D eigenvalue weighted by atomic mass is 9.54. The van der Waals surface area contributed by atoms with E-state index in [9.17, 15) is 0 Å². The van der Waals surface area contributed by atoms with Crippen LogP contribution >= 0.6 is 0 Å². The van der Waals surface area contributed by atoms with Gasteiger partial charge in [-0.2, -0.15) is 0 Å². The normalized spacial score (nSPS) is 44.3. The molecule has 0 aromatic rings. The molecular weight excluding hydrogens is 216 g/mol. The molecule has 2 rings (SSSR count). The minimum Gasteiger partial charge on any atom is -0.0651 e. The minimum atomic E-state index is 0.980. The van der Waals surface area contributed by atoms with Gasteiger partial charge in [0.05, 0.1) is 0 Å². The van der Waals surface area contributed by atoms with E-state index in [4.69, 9.17) is 0 Å². The third-order valence-electron chi connectivity index (χ3n) is 6.82. The van der Waals surface area contributed by atoms with E-state index in [1.54, 1.807) is 6.42 Å². The van der Waals surface area contributed by atoms with E-state index < -0.39 is 0 Å². The molecule has 0 spiro atoms. The fourth-order valence-corrected chi connectivity index (χ4v) is 5.14. The van der Waals surface area contributed by atoms with Gasteiger partial charge in [-0.1, -0.05) is 53.9 Å². The Balaban J connectivity index is 1.82. The molecule has 0 aliphatic heterocycles. The van der Waals surface area contributed by atoms with Gasteiger partial charge in [-0.05, 0) is 60.7 Å². The first-order valence-corrected chi connectivity index (χ1v) is 8.58. The summed E-state index contributed by atoms with van der Waals surface area (Å²) in [5, 5.41) is 0. The van der Waals surface area contributed by atoms with Gasteiger partial charge in [0.2, 0.25) is 0 Å². The molecule has 4 atom stereocenters. The van der Waals surface area contributed by atoms with E-state index in [1.807, 2.05) is 0 Å². The van der Waals surface area contributed by atoms with Crippen molar-refractivity contribution in [3.05, 3.63) is 0 Å².